The van der Waals surface area contributed by atoms with Crippen LogP contribution in [0, 0.1) is 0 Å². The van der Waals surface area contributed by atoms with Crippen molar-refractivity contribution in [2.45, 2.75) is 65.2 Å². The molecule has 0 bridgehead atoms. The number of carbonyl (C=O) groups is 1. The number of amides is 1. The van der Waals surface area contributed by atoms with Gasteiger partial charge in [0.2, 0.25) is 0 Å². The van der Waals surface area contributed by atoms with Crippen LogP contribution in [0.25, 0.3) is 0 Å². The van der Waals surface area contributed by atoms with Gasteiger partial charge in [0.25, 0.3) is 5.91 Å². The van der Waals surface area contributed by atoms with Gasteiger partial charge in [0.15, 0.2) is 0 Å². The average molecular weight is 358 g/mol. The van der Waals surface area contributed by atoms with Crippen LogP contribution in [-0.2, 0) is 0 Å². The molecule has 130 valence electrons. The third kappa shape index (κ3) is 7.14. The minimum atomic E-state index is -0.0337. The SMILES string of the molecule is CCCCCCN(CCCCCC)C(=O)c1c(Cl)cccc1Cl. The molecular weight excluding hydrogens is 329 g/mol. The summed E-state index contributed by atoms with van der Waals surface area (Å²) in [6, 6.07) is 5.23. The molecule has 1 amide bonds. The highest BCUT2D eigenvalue weighted by molar-refractivity contribution is 6.39. The summed E-state index contributed by atoms with van der Waals surface area (Å²) >= 11 is 12.4. The summed E-state index contributed by atoms with van der Waals surface area (Å²) < 4.78 is 0. The first-order valence-corrected chi connectivity index (χ1v) is 9.60. The van der Waals surface area contributed by atoms with Crippen molar-refractivity contribution in [3.05, 3.63) is 33.8 Å². The van der Waals surface area contributed by atoms with Crippen molar-refractivity contribution in [1.29, 1.82) is 0 Å². The number of benzene rings is 1. The summed E-state index contributed by atoms with van der Waals surface area (Å²) in [7, 11) is 0. The molecule has 0 unspecified atom stereocenters. The summed E-state index contributed by atoms with van der Waals surface area (Å²) in [4.78, 5) is 14.8. The van der Waals surface area contributed by atoms with Crippen molar-refractivity contribution in [2.75, 3.05) is 13.1 Å². The van der Waals surface area contributed by atoms with Gasteiger partial charge in [0, 0.05) is 13.1 Å². The van der Waals surface area contributed by atoms with Crippen molar-refractivity contribution in [3.8, 4) is 0 Å². The lowest BCUT2D eigenvalue weighted by molar-refractivity contribution is 0.0749. The van der Waals surface area contributed by atoms with Gasteiger partial charge >= 0.3 is 0 Å². The Morgan fingerprint density at radius 2 is 1.35 bits per heavy atom. The number of rotatable bonds is 11. The average Bonchev–Trinajstić information content (AvgIpc) is 2.53. The van der Waals surface area contributed by atoms with E-state index in [0.717, 1.165) is 38.8 Å². The van der Waals surface area contributed by atoms with E-state index in [9.17, 15) is 4.79 Å². The van der Waals surface area contributed by atoms with E-state index in [1.54, 1.807) is 18.2 Å². The van der Waals surface area contributed by atoms with E-state index < -0.39 is 0 Å². The molecule has 1 rings (SSSR count). The van der Waals surface area contributed by atoms with Gasteiger partial charge < -0.3 is 4.90 Å². The molecule has 4 heteroatoms. The highest BCUT2D eigenvalue weighted by Crippen LogP contribution is 2.26. The molecular formula is C19H29Cl2NO. The monoisotopic (exact) mass is 357 g/mol. The summed E-state index contributed by atoms with van der Waals surface area (Å²) in [6.07, 6.45) is 9.21. The van der Waals surface area contributed by atoms with Crippen LogP contribution in [0.3, 0.4) is 0 Å². The normalized spacial score (nSPS) is 10.8. The Balaban J connectivity index is 2.73. The zero-order valence-electron chi connectivity index (χ0n) is 14.4. The second-order valence-corrected chi connectivity index (χ2v) is 6.82. The third-order valence-electron chi connectivity index (χ3n) is 4.03. The molecule has 0 heterocycles. The molecule has 0 saturated carbocycles. The molecule has 0 aliphatic carbocycles. The minimum absolute atomic E-state index is 0.0337. The van der Waals surface area contributed by atoms with Crippen LogP contribution < -0.4 is 0 Å². The van der Waals surface area contributed by atoms with Crippen LogP contribution in [-0.4, -0.2) is 23.9 Å². The van der Waals surface area contributed by atoms with Gasteiger partial charge in [-0.3, -0.25) is 4.79 Å². The first-order valence-electron chi connectivity index (χ1n) is 8.85. The Kier molecular flexibility index (Phi) is 10.4. The standard InChI is InChI=1S/C19H29Cl2NO/c1-3-5-7-9-14-22(15-10-8-6-4-2)19(23)18-16(20)12-11-13-17(18)21/h11-13H,3-10,14-15H2,1-2H3. The van der Waals surface area contributed by atoms with E-state index in [1.807, 2.05) is 4.90 Å². The zero-order valence-corrected chi connectivity index (χ0v) is 15.9. The predicted molar refractivity (Wildman–Crippen MR) is 101 cm³/mol. The van der Waals surface area contributed by atoms with Gasteiger partial charge in [-0.25, -0.2) is 0 Å². The fourth-order valence-electron chi connectivity index (χ4n) is 2.63. The van der Waals surface area contributed by atoms with Crippen LogP contribution in [0.4, 0.5) is 0 Å². The van der Waals surface area contributed by atoms with Gasteiger partial charge in [0.05, 0.1) is 15.6 Å². The van der Waals surface area contributed by atoms with Crippen LogP contribution in [0.5, 0.6) is 0 Å². The van der Waals surface area contributed by atoms with Gasteiger partial charge in [-0.05, 0) is 25.0 Å². The first-order chi connectivity index (χ1) is 11.1. The van der Waals surface area contributed by atoms with Gasteiger partial charge in [-0.1, -0.05) is 81.6 Å². The zero-order chi connectivity index (χ0) is 17.1. The molecule has 0 aliphatic rings. The first kappa shape index (κ1) is 20.3. The fraction of sp³-hybridized carbons (Fsp3) is 0.632. The molecule has 23 heavy (non-hydrogen) atoms. The van der Waals surface area contributed by atoms with Crippen LogP contribution >= 0.6 is 23.2 Å². The van der Waals surface area contributed by atoms with Gasteiger partial charge in [0.1, 0.15) is 0 Å². The van der Waals surface area contributed by atoms with E-state index in [1.165, 1.54) is 25.7 Å². The Morgan fingerprint density at radius 3 is 1.78 bits per heavy atom. The molecule has 0 radical (unpaired) electrons. The highest BCUT2D eigenvalue weighted by atomic mass is 35.5. The quantitative estimate of drug-likeness (QED) is 0.408. The van der Waals surface area contributed by atoms with Crippen molar-refractivity contribution in [2.24, 2.45) is 0 Å². The van der Waals surface area contributed by atoms with Crippen molar-refractivity contribution >= 4 is 29.1 Å². The second-order valence-electron chi connectivity index (χ2n) is 6.01. The molecule has 1 aromatic carbocycles. The Hall–Kier alpha value is -0.730. The third-order valence-corrected chi connectivity index (χ3v) is 4.66. The second kappa shape index (κ2) is 11.8. The molecule has 0 spiro atoms. The van der Waals surface area contributed by atoms with E-state index in [-0.39, 0.29) is 5.91 Å². The number of halogens is 2. The molecule has 0 aromatic heterocycles. The molecule has 0 atom stereocenters. The molecule has 0 fully saturated rings. The molecule has 1 aromatic rings. The molecule has 2 nitrogen and oxygen atoms in total. The number of hydrogen-bond acceptors (Lipinski definition) is 1. The topological polar surface area (TPSA) is 20.3 Å². The smallest absolute Gasteiger partial charge is 0.256 e. The number of hydrogen-bond donors (Lipinski definition) is 0. The van der Waals surface area contributed by atoms with E-state index >= 15 is 0 Å². The summed E-state index contributed by atoms with van der Waals surface area (Å²) in [5, 5.41) is 0.879. The Labute approximate surface area is 151 Å². The summed E-state index contributed by atoms with van der Waals surface area (Å²) in [5.74, 6) is -0.0337. The van der Waals surface area contributed by atoms with Crippen molar-refractivity contribution in [3.63, 3.8) is 0 Å². The predicted octanol–water partition coefficient (Wildman–Crippen LogP) is 6.60. The van der Waals surface area contributed by atoms with Crippen LogP contribution in [0.1, 0.15) is 75.6 Å². The Bertz CT molecular complexity index is 444. The minimum Gasteiger partial charge on any atom is -0.339 e. The molecule has 0 aliphatic heterocycles. The highest BCUT2D eigenvalue weighted by Gasteiger charge is 2.20. The number of nitrogens with zero attached hydrogens (tertiary/aromatic N) is 1. The fourth-order valence-corrected chi connectivity index (χ4v) is 3.19. The lowest BCUT2D eigenvalue weighted by Gasteiger charge is -2.24. The number of carbonyl (C=O) groups excluding carboxylic acids is 1. The van der Waals surface area contributed by atoms with E-state index in [2.05, 4.69) is 13.8 Å². The van der Waals surface area contributed by atoms with Crippen LogP contribution in [0.2, 0.25) is 10.0 Å². The maximum atomic E-state index is 12.9. The van der Waals surface area contributed by atoms with Gasteiger partial charge in [-0.15, -0.1) is 0 Å². The summed E-state index contributed by atoms with van der Waals surface area (Å²) in [6.45, 7) is 5.95. The molecule has 0 N–H and O–H groups in total. The lowest BCUT2D eigenvalue weighted by Crippen LogP contribution is -2.33. The lowest BCUT2D eigenvalue weighted by atomic mass is 10.1. The van der Waals surface area contributed by atoms with Gasteiger partial charge in [-0.2, -0.15) is 0 Å². The summed E-state index contributed by atoms with van der Waals surface area (Å²) in [5.41, 5.74) is 0.446. The van der Waals surface area contributed by atoms with E-state index in [0.29, 0.717) is 15.6 Å². The number of unbranched alkanes of at least 4 members (excludes halogenated alkanes) is 6. The Morgan fingerprint density at radius 1 is 0.870 bits per heavy atom. The van der Waals surface area contributed by atoms with E-state index in [4.69, 9.17) is 23.2 Å². The van der Waals surface area contributed by atoms with Crippen LogP contribution in [0.15, 0.2) is 18.2 Å². The maximum Gasteiger partial charge on any atom is 0.256 e. The van der Waals surface area contributed by atoms with Crippen molar-refractivity contribution < 1.29 is 4.79 Å². The van der Waals surface area contributed by atoms with Crippen molar-refractivity contribution in [1.82, 2.24) is 4.90 Å². The molecule has 0 saturated heterocycles. The largest absolute Gasteiger partial charge is 0.339 e. The maximum absolute atomic E-state index is 12.9.